The first kappa shape index (κ1) is 16.4. The molecule has 120 valence electrons. The summed E-state index contributed by atoms with van der Waals surface area (Å²) >= 11 is -2.73. The minimum atomic E-state index is -2.73. The summed E-state index contributed by atoms with van der Waals surface area (Å²) in [5.41, 5.74) is 6.10. The van der Waals surface area contributed by atoms with Crippen molar-refractivity contribution in [1.29, 1.82) is 0 Å². The van der Waals surface area contributed by atoms with Crippen LogP contribution in [0.1, 0.15) is 28.6 Å². The van der Waals surface area contributed by atoms with Crippen molar-refractivity contribution in [3.05, 3.63) is 84.0 Å². The maximum atomic E-state index is 2.72. The molecule has 4 rings (SSSR count). The predicted octanol–water partition coefficient (Wildman–Crippen LogP) is 5.05. The van der Waals surface area contributed by atoms with Crippen molar-refractivity contribution >= 4 is 13.2 Å². The van der Waals surface area contributed by atoms with Crippen LogP contribution in [0.5, 0.6) is 0 Å². The molecule has 0 nitrogen and oxygen atoms in total. The second-order valence-electron chi connectivity index (χ2n) is 7.26. The molecule has 24 heavy (non-hydrogen) atoms. The van der Waals surface area contributed by atoms with Crippen molar-refractivity contribution in [2.75, 3.05) is 0 Å². The van der Waals surface area contributed by atoms with Crippen LogP contribution in [0.2, 0.25) is 7.25 Å². The summed E-state index contributed by atoms with van der Waals surface area (Å²) in [5.74, 6) is 0. The van der Waals surface area contributed by atoms with Crippen LogP contribution >= 0.6 is 0 Å². The first-order chi connectivity index (χ1) is 11.7. The fraction of sp³-hybridized carbons (Fsp3) is 0.227. The van der Waals surface area contributed by atoms with Gasteiger partial charge in [-0.25, -0.2) is 0 Å². The normalized spacial score (nSPS) is 18.6. The molecular weight excluding hydrogens is 384 g/mol. The van der Waals surface area contributed by atoms with E-state index in [1.165, 1.54) is 11.1 Å². The molecule has 0 amide bonds. The molecule has 0 aliphatic heterocycles. The van der Waals surface area contributed by atoms with Crippen LogP contribution in [0.15, 0.2) is 72.8 Å². The van der Waals surface area contributed by atoms with Gasteiger partial charge in [0.05, 0.1) is 0 Å². The quantitative estimate of drug-likeness (QED) is 0.622. The topological polar surface area (TPSA) is 0 Å². The van der Waals surface area contributed by atoms with Gasteiger partial charge in [-0.2, -0.15) is 0 Å². The van der Waals surface area contributed by atoms with Crippen molar-refractivity contribution in [2.24, 2.45) is 0 Å². The van der Waals surface area contributed by atoms with E-state index >= 15 is 0 Å². The number of allylic oxidation sites excluding steroid dienone is 4. The van der Waals surface area contributed by atoms with E-state index in [4.69, 9.17) is 0 Å². The van der Waals surface area contributed by atoms with Gasteiger partial charge in [0.1, 0.15) is 0 Å². The van der Waals surface area contributed by atoms with Crippen molar-refractivity contribution in [3.8, 4) is 11.1 Å². The molecule has 2 aliphatic carbocycles. The fourth-order valence-corrected chi connectivity index (χ4v) is 23.6. The number of benzene rings is 2. The third-order valence-electron chi connectivity index (χ3n) is 6.01. The Morgan fingerprint density at radius 1 is 0.875 bits per heavy atom. The zero-order valence-electron chi connectivity index (χ0n) is 14.4. The summed E-state index contributed by atoms with van der Waals surface area (Å²) in [4.78, 5) is 0. The van der Waals surface area contributed by atoms with Gasteiger partial charge in [0.15, 0.2) is 0 Å². The van der Waals surface area contributed by atoms with Gasteiger partial charge in [-0.05, 0) is 0 Å². The molecule has 0 saturated carbocycles. The van der Waals surface area contributed by atoms with Crippen LogP contribution in [0, 0.1) is 0 Å². The molecule has 2 aliphatic rings. The zero-order chi connectivity index (χ0) is 16.7. The molecule has 0 saturated heterocycles. The summed E-state index contributed by atoms with van der Waals surface area (Å²) in [6, 6.07) is 18.3. The summed E-state index contributed by atoms with van der Waals surface area (Å²) < 4.78 is 4.77. The Balaban J connectivity index is 2.01. The molecule has 1 unspecified atom stereocenters. The monoisotopic (exact) mass is 406 g/mol. The second kappa shape index (κ2) is 6.32. The average Bonchev–Trinajstić information content (AvgIpc) is 3.24. The van der Waals surface area contributed by atoms with E-state index in [9.17, 15) is 0 Å². The first-order valence-corrected chi connectivity index (χ1v) is 15.4. The van der Waals surface area contributed by atoms with Gasteiger partial charge in [-0.3, -0.25) is 0 Å². The molecule has 0 heterocycles. The molecule has 0 bridgehead atoms. The van der Waals surface area contributed by atoms with Crippen LogP contribution in [0.4, 0.5) is 0 Å². The van der Waals surface area contributed by atoms with Gasteiger partial charge >= 0.3 is 153 Å². The number of hydrogen-bond donors (Lipinski definition) is 0. The Bertz CT molecular complexity index is 791. The van der Waals surface area contributed by atoms with Crippen LogP contribution in [-0.2, 0) is 20.3 Å². The van der Waals surface area contributed by atoms with E-state index in [0.717, 1.165) is 3.63 Å². The SMILES string of the molecule is C[CH](C)[Zr]([CH]=[SiH2])([CH]1C=CC=C1)[CH]1c2ccccc2-c2ccccc21. The number of rotatable bonds is 4. The molecule has 0 N–H and O–H groups in total. The maximum absolute atomic E-state index is 2.73. The molecule has 0 spiro atoms. The van der Waals surface area contributed by atoms with Crippen molar-refractivity contribution < 1.29 is 20.3 Å². The Hall–Kier alpha value is -1.11. The summed E-state index contributed by atoms with van der Waals surface area (Å²) in [7, 11) is 2.12. The molecule has 1 atom stereocenters. The van der Waals surface area contributed by atoms with Crippen LogP contribution in [0.3, 0.4) is 0 Å². The van der Waals surface area contributed by atoms with Crippen LogP contribution < -0.4 is 0 Å². The Morgan fingerprint density at radius 2 is 1.38 bits per heavy atom. The van der Waals surface area contributed by atoms with Gasteiger partial charge in [-0.15, -0.1) is 0 Å². The summed E-state index contributed by atoms with van der Waals surface area (Å²) in [6.07, 6.45) is 9.48. The molecule has 2 heteroatoms. The number of fused-ring (bicyclic) bond motifs is 3. The standard InChI is InChI=1S/C13H9.C5H5.C3H7.CH3Si.Zr/c1-3-7-12-10(5-1)9-11-6-2-4-8-13(11)12;1-2-4-5-3-1;1-3-2;1-2;/h1-9H;1-5H;3H,1-2H3;1H,2H2;. The van der Waals surface area contributed by atoms with Gasteiger partial charge in [0.2, 0.25) is 0 Å². The first-order valence-electron chi connectivity index (χ1n) is 8.87. The fourth-order valence-electron chi connectivity index (χ4n) is 4.86. The van der Waals surface area contributed by atoms with Crippen molar-refractivity contribution in [2.45, 2.75) is 24.7 Å². The number of hydrogen-bond acceptors (Lipinski definition) is 0. The van der Waals surface area contributed by atoms with E-state index in [-0.39, 0.29) is 0 Å². The minimum absolute atomic E-state index is 0.626. The Labute approximate surface area is 152 Å². The van der Waals surface area contributed by atoms with E-state index in [1.54, 1.807) is 11.1 Å². The second-order valence-corrected chi connectivity index (χ2v) is 21.5. The van der Waals surface area contributed by atoms with E-state index < -0.39 is 20.3 Å². The Morgan fingerprint density at radius 3 is 1.83 bits per heavy atom. The van der Waals surface area contributed by atoms with Crippen molar-refractivity contribution in [3.63, 3.8) is 0 Å². The molecule has 2 aromatic rings. The molecule has 0 aromatic heterocycles. The third-order valence-corrected chi connectivity index (χ3v) is 24.6. The average molecular weight is 408 g/mol. The third kappa shape index (κ3) is 2.23. The van der Waals surface area contributed by atoms with E-state index in [1.807, 2.05) is 0 Å². The van der Waals surface area contributed by atoms with Crippen molar-refractivity contribution in [1.82, 2.24) is 0 Å². The van der Waals surface area contributed by atoms with E-state index in [0.29, 0.717) is 7.25 Å². The summed E-state index contributed by atoms with van der Waals surface area (Å²) in [5, 5.41) is 0. The molecule has 0 radical (unpaired) electrons. The van der Waals surface area contributed by atoms with Crippen LogP contribution in [0.25, 0.3) is 11.1 Å². The molecular formula is C22H24SiZr. The van der Waals surface area contributed by atoms with E-state index in [2.05, 4.69) is 99.9 Å². The Kier molecular flexibility index (Phi) is 4.31. The van der Waals surface area contributed by atoms with Gasteiger partial charge < -0.3 is 0 Å². The van der Waals surface area contributed by atoms with Crippen LogP contribution in [-0.4, -0.2) is 13.2 Å². The van der Waals surface area contributed by atoms with Gasteiger partial charge in [-0.1, -0.05) is 0 Å². The van der Waals surface area contributed by atoms with Gasteiger partial charge in [0, 0.05) is 0 Å². The van der Waals surface area contributed by atoms with Gasteiger partial charge in [0.25, 0.3) is 0 Å². The molecule has 2 aromatic carbocycles. The predicted molar refractivity (Wildman–Crippen MR) is 105 cm³/mol. The zero-order valence-corrected chi connectivity index (χ0v) is 18.3. The summed E-state index contributed by atoms with van der Waals surface area (Å²) in [6.45, 7) is 4.95. The molecule has 0 fully saturated rings.